The Morgan fingerprint density at radius 1 is 1.60 bits per heavy atom. The zero-order valence-electron chi connectivity index (χ0n) is 10.2. The summed E-state index contributed by atoms with van der Waals surface area (Å²) in [4.78, 5) is 2.50. The van der Waals surface area contributed by atoms with Gasteiger partial charge in [-0.2, -0.15) is 0 Å². The number of nitrogens with zero attached hydrogens (tertiary/aromatic N) is 1. The van der Waals surface area contributed by atoms with E-state index in [2.05, 4.69) is 24.1 Å². The van der Waals surface area contributed by atoms with E-state index in [9.17, 15) is 0 Å². The van der Waals surface area contributed by atoms with E-state index >= 15 is 0 Å². The largest absolute Gasteiger partial charge is 0.383 e. The maximum absolute atomic E-state index is 5.42. The second-order valence-corrected chi connectivity index (χ2v) is 4.21. The molecule has 0 amide bonds. The number of hydrogen-bond acceptors (Lipinski definition) is 4. The van der Waals surface area contributed by atoms with Crippen molar-refractivity contribution in [2.75, 3.05) is 46.6 Å². The van der Waals surface area contributed by atoms with Gasteiger partial charge in [0, 0.05) is 38.8 Å². The summed E-state index contributed by atoms with van der Waals surface area (Å²) < 4.78 is 10.4. The van der Waals surface area contributed by atoms with Gasteiger partial charge in [-0.3, -0.25) is 4.90 Å². The van der Waals surface area contributed by atoms with Crippen molar-refractivity contribution in [1.29, 1.82) is 0 Å². The summed E-state index contributed by atoms with van der Waals surface area (Å²) in [6.07, 6.45) is 0. The summed E-state index contributed by atoms with van der Waals surface area (Å²) in [7, 11) is 1.73. The first-order chi connectivity index (χ1) is 7.25. The highest BCUT2D eigenvalue weighted by Gasteiger charge is 2.22. The Bertz CT molecular complexity index is 167. The van der Waals surface area contributed by atoms with Crippen LogP contribution >= 0.6 is 0 Å². The fourth-order valence-corrected chi connectivity index (χ4v) is 2.00. The minimum atomic E-state index is 0.540. The van der Waals surface area contributed by atoms with Crippen LogP contribution in [0.4, 0.5) is 0 Å². The minimum Gasteiger partial charge on any atom is -0.383 e. The molecule has 0 aromatic carbocycles. The van der Waals surface area contributed by atoms with Crippen molar-refractivity contribution in [2.45, 2.75) is 25.9 Å². The third-order valence-electron chi connectivity index (χ3n) is 2.91. The van der Waals surface area contributed by atoms with Crippen LogP contribution < -0.4 is 5.32 Å². The van der Waals surface area contributed by atoms with E-state index < -0.39 is 0 Å². The molecule has 4 nitrogen and oxygen atoms in total. The highest BCUT2D eigenvalue weighted by atomic mass is 16.5. The van der Waals surface area contributed by atoms with Gasteiger partial charge in [0.1, 0.15) is 0 Å². The van der Waals surface area contributed by atoms with Crippen molar-refractivity contribution in [2.24, 2.45) is 0 Å². The van der Waals surface area contributed by atoms with E-state index in [1.807, 2.05) is 0 Å². The van der Waals surface area contributed by atoms with Gasteiger partial charge >= 0.3 is 0 Å². The molecule has 1 heterocycles. The van der Waals surface area contributed by atoms with E-state index in [-0.39, 0.29) is 0 Å². The summed E-state index contributed by atoms with van der Waals surface area (Å²) in [5, 5.41) is 3.40. The number of nitrogens with one attached hydrogen (secondary N) is 1. The SMILES string of the molecule is COCCNCC(C)N1CCOCC1C. The van der Waals surface area contributed by atoms with E-state index in [1.54, 1.807) is 7.11 Å². The first kappa shape index (κ1) is 12.9. The molecule has 0 saturated carbocycles. The summed E-state index contributed by atoms with van der Waals surface area (Å²) >= 11 is 0. The first-order valence-corrected chi connectivity index (χ1v) is 5.79. The molecule has 0 aliphatic carbocycles. The van der Waals surface area contributed by atoms with Crippen LogP contribution in [0.1, 0.15) is 13.8 Å². The lowest BCUT2D eigenvalue weighted by atomic mass is 10.2. The van der Waals surface area contributed by atoms with Crippen molar-refractivity contribution in [3.05, 3.63) is 0 Å². The minimum absolute atomic E-state index is 0.540. The molecule has 0 spiro atoms. The number of morpholine rings is 1. The van der Waals surface area contributed by atoms with E-state index in [4.69, 9.17) is 9.47 Å². The van der Waals surface area contributed by atoms with E-state index in [0.717, 1.165) is 39.5 Å². The Morgan fingerprint density at radius 2 is 2.40 bits per heavy atom. The summed E-state index contributed by atoms with van der Waals surface area (Å²) in [6.45, 7) is 10.0. The summed E-state index contributed by atoms with van der Waals surface area (Å²) in [5.74, 6) is 0. The Kier molecular flexibility index (Phi) is 6.17. The Labute approximate surface area is 92.9 Å². The molecule has 2 unspecified atom stereocenters. The molecule has 90 valence electrons. The molecule has 1 aliphatic heterocycles. The van der Waals surface area contributed by atoms with Gasteiger partial charge in [-0.1, -0.05) is 0 Å². The van der Waals surface area contributed by atoms with Gasteiger partial charge < -0.3 is 14.8 Å². The molecule has 1 saturated heterocycles. The molecule has 0 aromatic rings. The molecule has 4 heteroatoms. The van der Waals surface area contributed by atoms with Crippen molar-refractivity contribution < 1.29 is 9.47 Å². The maximum atomic E-state index is 5.42. The van der Waals surface area contributed by atoms with Gasteiger partial charge in [-0.15, -0.1) is 0 Å². The van der Waals surface area contributed by atoms with E-state index in [1.165, 1.54) is 0 Å². The van der Waals surface area contributed by atoms with Crippen molar-refractivity contribution >= 4 is 0 Å². The first-order valence-electron chi connectivity index (χ1n) is 5.79. The highest BCUT2D eigenvalue weighted by molar-refractivity contribution is 4.77. The molecule has 0 radical (unpaired) electrons. The molecule has 2 atom stereocenters. The molecular weight excluding hydrogens is 192 g/mol. The van der Waals surface area contributed by atoms with Crippen LogP contribution in [0, 0.1) is 0 Å². The van der Waals surface area contributed by atoms with Crippen molar-refractivity contribution in [3.63, 3.8) is 0 Å². The molecule has 1 rings (SSSR count). The number of rotatable bonds is 6. The molecular formula is C11H24N2O2. The number of ether oxygens (including phenoxy) is 2. The van der Waals surface area contributed by atoms with Crippen LogP contribution in [-0.2, 0) is 9.47 Å². The molecule has 1 aliphatic rings. The highest BCUT2D eigenvalue weighted by Crippen LogP contribution is 2.09. The standard InChI is InChI=1S/C11H24N2O2/c1-10(8-12-4-6-14-3)13-5-7-15-9-11(13)2/h10-12H,4-9H2,1-3H3. The van der Waals surface area contributed by atoms with Crippen LogP contribution in [0.2, 0.25) is 0 Å². The van der Waals surface area contributed by atoms with Crippen LogP contribution in [0.3, 0.4) is 0 Å². The van der Waals surface area contributed by atoms with Gasteiger partial charge in [-0.25, -0.2) is 0 Å². The summed E-state index contributed by atoms with van der Waals surface area (Å²) in [6, 6.07) is 1.11. The molecule has 0 bridgehead atoms. The van der Waals surface area contributed by atoms with Gasteiger partial charge in [0.15, 0.2) is 0 Å². The number of methoxy groups -OCH3 is 1. The average Bonchev–Trinajstić information content (AvgIpc) is 2.25. The fourth-order valence-electron chi connectivity index (χ4n) is 2.00. The van der Waals surface area contributed by atoms with Crippen molar-refractivity contribution in [3.8, 4) is 0 Å². The average molecular weight is 216 g/mol. The molecule has 0 aromatic heterocycles. The zero-order chi connectivity index (χ0) is 11.1. The van der Waals surface area contributed by atoms with E-state index in [0.29, 0.717) is 12.1 Å². The topological polar surface area (TPSA) is 33.7 Å². The Morgan fingerprint density at radius 3 is 3.07 bits per heavy atom. The normalized spacial score (nSPS) is 25.4. The van der Waals surface area contributed by atoms with Gasteiger partial charge in [-0.05, 0) is 13.8 Å². The van der Waals surface area contributed by atoms with Gasteiger partial charge in [0.25, 0.3) is 0 Å². The van der Waals surface area contributed by atoms with Crippen molar-refractivity contribution in [1.82, 2.24) is 10.2 Å². The monoisotopic (exact) mass is 216 g/mol. The Balaban J connectivity index is 2.16. The lowest BCUT2D eigenvalue weighted by molar-refractivity contribution is -0.0182. The number of hydrogen-bond donors (Lipinski definition) is 1. The molecule has 15 heavy (non-hydrogen) atoms. The van der Waals surface area contributed by atoms with Crippen LogP contribution in [0.15, 0.2) is 0 Å². The predicted octanol–water partition coefficient (Wildman–Crippen LogP) is 0.332. The predicted molar refractivity (Wildman–Crippen MR) is 61.2 cm³/mol. The lowest BCUT2D eigenvalue weighted by Gasteiger charge is -2.37. The third kappa shape index (κ3) is 4.47. The second kappa shape index (κ2) is 7.17. The molecule has 1 fully saturated rings. The third-order valence-corrected chi connectivity index (χ3v) is 2.91. The molecule has 1 N–H and O–H groups in total. The smallest absolute Gasteiger partial charge is 0.0619 e. The summed E-state index contributed by atoms with van der Waals surface area (Å²) in [5.41, 5.74) is 0. The van der Waals surface area contributed by atoms with Crippen LogP contribution in [-0.4, -0.2) is 63.5 Å². The van der Waals surface area contributed by atoms with Crippen LogP contribution in [0.25, 0.3) is 0 Å². The fraction of sp³-hybridized carbons (Fsp3) is 1.00. The van der Waals surface area contributed by atoms with Crippen LogP contribution in [0.5, 0.6) is 0 Å². The lowest BCUT2D eigenvalue weighted by Crippen LogP contribution is -2.51. The maximum Gasteiger partial charge on any atom is 0.0619 e. The Hall–Kier alpha value is -0.160. The van der Waals surface area contributed by atoms with Gasteiger partial charge in [0.05, 0.1) is 19.8 Å². The van der Waals surface area contributed by atoms with Gasteiger partial charge in [0.2, 0.25) is 0 Å². The quantitative estimate of drug-likeness (QED) is 0.649. The zero-order valence-corrected chi connectivity index (χ0v) is 10.2. The second-order valence-electron chi connectivity index (χ2n) is 4.21.